The minimum absolute atomic E-state index is 0.0183. The fourth-order valence-electron chi connectivity index (χ4n) is 1.30. The van der Waals surface area contributed by atoms with Gasteiger partial charge >= 0.3 is 5.97 Å². The zero-order valence-electron chi connectivity index (χ0n) is 8.97. The third kappa shape index (κ3) is 2.97. The number of ether oxygens (including phenoxy) is 1. The molecule has 14 heavy (non-hydrogen) atoms. The molecule has 0 N–H and O–H groups in total. The summed E-state index contributed by atoms with van der Waals surface area (Å²) in [5.74, 6) is -0.0807. The van der Waals surface area contributed by atoms with E-state index in [0.29, 0.717) is 0 Å². The summed E-state index contributed by atoms with van der Waals surface area (Å²) >= 11 is 2.22. The van der Waals surface area contributed by atoms with Crippen LogP contribution < -0.4 is 0 Å². The molecule has 0 saturated heterocycles. The van der Waals surface area contributed by atoms with Crippen molar-refractivity contribution in [1.82, 2.24) is 0 Å². The lowest BCUT2D eigenvalue weighted by atomic mass is 9.97. The van der Waals surface area contributed by atoms with Crippen LogP contribution in [0.15, 0.2) is 11.6 Å². The molecule has 1 aliphatic rings. The van der Waals surface area contributed by atoms with Gasteiger partial charge in [0.05, 0.1) is 5.41 Å². The number of alkyl halides is 1. The van der Waals surface area contributed by atoms with Gasteiger partial charge in [-0.25, -0.2) is 0 Å². The molecule has 0 bridgehead atoms. The highest BCUT2D eigenvalue weighted by Gasteiger charge is 2.30. The van der Waals surface area contributed by atoms with Gasteiger partial charge in [0.15, 0.2) is 0 Å². The monoisotopic (exact) mass is 308 g/mol. The summed E-state index contributed by atoms with van der Waals surface area (Å²) in [6, 6.07) is 0. The first-order valence-corrected chi connectivity index (χ1v) is 6.42. The summed E-state index contributed by atoms with van der Waals surface area (Å²) in [4.78, 5) is 11.7. The Balaban J connectivity index is 2.49. The van der Waals surface area contributed by atoms with Crippen LogP contribution in [-0.4, -0.2) is 16.5 Å². The zero-order chi connectivity index (χ0) is 10.8. The highest BCUT2D eigenvalue weighted by atomic mass is 127. The van der Waals surface area contributed by atoms with Gasteiger partial charge in [-0.1, -0.05) is 28.2 Å². The Morgan fingerprint density at radius 3 is 2.79 bits per heavy atom. The van der Waals surface area contributed by atoms with Crippen LogP contribution in [0.5, 0.6) is 0 Å². The van der Waals surface area contributed by atoms with E-state index in [2.05, 4.69) is 35.6 Å². The van der Waals surface area contributed by atoms with Crippen LogP contribution in [0.4, 0.5) is 0 Å². The number of carbonyl (C=O) groups is 1. The predicted molar refractivity (Wildman–Crippen MR) is 65.5 cm³/mol. The highest BCUT2D eigenvalue weighted by Crippen LogP contribution is 2.25. The maximum absolute atomic E-state index is 11.7. The molecule has 1 rings (SSSR count). The van der Waals surface area contributed by atoms with Crippen molar-refractivity contribution in [2.45, 2.75) is 39.7 Å². The Morgan fingerprint density at radius 1 is 1.71 bits per heavy atom. The number of allylic oxidation sites excluding steroid dienone is 1. The van der Waals surface area contributed by atoms with E-state index in [1.54, 1.807) is 0 Å². The maximum atomic E-state index is 11.7. The number of halogens is 1. The van der Waals surface area contributed by atoms with E-state index in [0.717, 1.165) is 17.3 Å². The Morgan fingerprint density at radius 2 is 2.36 bits per heavy atom. The molecule has 1 unspecified atom stereocenters. The van der Waals surface area contributed by atoms with Gasteiger partial charge in [-0.3, -0.25) is 4.79 Å². The first-order chi connectivity index (χ1) is 6.45. The van der Waals surface area contributed by atoms with Crippen molar-refractivity contribution in [2.75, 3.05) is 4.43 Å². The molecule has 0 aliphatic heterocycles. The first kappa shape index (κ1) is 12.0. The number of rotatable bonds is 3. The van der Waals surface area contributed by atoms with Crippen molar-refractivity contribution in [3.8, 4) is 0 Å². The van der Waals surface area contributed by atoms with Gasteiger partial charge in [0, 0.05) is 4.43 Å². The van der Waals surface area contributed by atoms with Crippen LogP contribution in [0, 0.1) is 5.41 Å². The van der Waals surface area contributed by atoms with Gasteiger partial charge in [-0.15, -0.1) is 0 Å². The molecule has 0 aromatic heterocycles. The molecule has 0 amide bonds. The topological polar surface area (TPSA) is 26.3 Å². The van der Waals surface area contributed by atoms with Crippen LogP contribution in [-0.2, 0) is 9.53 Å². The number of hydrogen-bond donors (Lipinski definition) is 0. The first-order valence-electron chi connectivity index (χ1n) is 4.90. The van der Waals surface area contributed by atoms with Crippen LogP contribution in [0.1, 0.15) is 33.6 Å². The molecular formula is C11H17IO2. The Labute approximate surface area is 99.2 Å². The lowest BCUT2D eigenvalue weighted by Crippen LogP contribution is -2.30. The molecule has 0 aromatic rings. The SMILES string of the molecule is CC1=CC(OC(=O)C(C)(C)CI)CC1. The van der Waals surface area contributed by atoms with Gasteiger partial charge in [-0.05, 0) is 39.7 Å². The van der Waals surface area contributed by atoms with Crippen molar-refractivity contribution in [3.63, 3.8) is 0 Å². The Kier molecular flexibility index (Phi) is 3.98. The van der Waals surface area contributed by atoms with Crippen LogP contribution in [0.25, 0.3) is 0 Å². The smallest absolute Gasteiger partial charge is 0.312 e. The third-order valence-electron chi connectivity index (χ3n) is 2.44. The molecule has 2 nitrogen and oxygen atoms in total. The Bertz CT molecular complexity index is 256. The summed E-state index contributed by atoms with van der Waals surface area (Å²) in [5, 5.41) is 0. The molecular weight excluding hydrogens is 291 g/mol. The largest absolute Gasteiger partial charge is 0.458 e. The second-order valence-electron chi connectivity index (χ2n) is 4.51. The van der Waals surface area contributed by atoms with Crippen LogP contribution >= 0.6 is 22.6 Å². The Hall–Kier alpha value is -0.0600. The van der Waals surface area contributed by atoms with E-state index < -0.39 is 0 Å². The standard InChI is InChI=1S/C11H17IO2/c1-8-4-5-9(6-8)14-10(13)11(2,3)7-12/h6,9H,4-5,7H2,1-3H3. The minimum Gasteiger partial charge on any atom is -0.458 e. The fraction of sp³-hybridized carbons (Fsp3) is 0.727. The molecule has 80 valence electrons. The summed E-state index contributed by atoms with van der Waals surface area (Å²) in [6.07, 6.45) is 4.09. The lowest BCUT2D eigenvalue weighted by Gasteiger charge is -2.21. The second kappa shape index (κ2) is 4.64. The second-order valence-corrected chi connectivity index (χ2v) is 5.28. The van der Waals surface area contributed by atoms with Gasteiger partial charge in [0.1, 0.15) is 6.10 Å². The number of hydrogen-bond acceptors (Lipinski definition) is 2. The van der Waals surface area contributed by atoms with Crippen molar-refractivity contribution >= 4 is 28.6 Å². The minimum atomic E-state index is -0.356. The van der Waals surface area contributed by atoms with Crippen molar-refractivity contribution in [2.24, 2.45) is 5.41 Å². The van der Waals surface area contributed by atoms with Gasteiger partial charge in [0.2, 0.25) is 0 Å². The van der Waals surface area contributed by atoms with E-state index in [1.165, 1.54) is 5.57 Å². The maximum Gasteiger partial charge on any atom is 0.312 e. The summed E-state index contributed by atoms with van der Waals surface area (Å²) in [7, 11) is 0. The van der Waals surface area contributed by atoms with Crippen molar-refractivity contribution in [1.29, 1.82) is 0 Å². The quantitative estimate of drug-likeness (QED) is 0.347. The fourth-order valence-corrected chi connectivity index (χ4v) is 1.61. The summed E-state index contributed by atoms with van der Waals surface area (Å²) in [5.41, 5.74) is 0.973. The van der Waals surface area contributed by atoms with Gasteiger partial charge in [0.25, 0.3) is 0 Å². The van der Waals surface area contributed by atoms with Gasteiger partial charge < -0.3 is 4.74 Å². The molecule has 1 aliphatic carbocycles. The molecule has 0 heterocycles. The zero-order valence-corrected chi connectivity index (χ0v) is 11.1. The van der Waals surface area contributed by atoms with E-state index in [1.807, 2.05) is 13.8 Å². The molecule has 0 radical (unpaired) electrons. The molecule has 0 fully saturated rings. The third-order valence-corrected chi connectivity index (χ3v) is 4.35. The van der Waals surface area contributed by atoms with Crippen molar-refractivity contribution < 1.29 is 9.53 Å². The van der Waals surface area contributed by atoms with Crippen LogP contribution in [0.2, 0.25) is 0 Å². The average molecular weight is 308 g/mol. The number of esters is 1. The van der Waals surface area contributed by atoms with E-state index in [9.17, 15) is 4.79 Å². The van der Waals surface area contributed by atoms with E-state index in [-0.39, 0.29) is 17.5 Å². The molecule has 0 spiro atoms. The molecule has 0 aromatic carbocycles. The van der Waals surface area contributed by atoms with Crippen LogP contribution in [0.3, 0.4) is 0 Å². The highest BCUT2D eigenvalue weighted by molar-refractivity contribution is 14.1. The molecule has 0 saturated carbocycles. The summed E-state index contributed by atoms with van der Waals surface area (Å²) < 4.78 is 6.21. The molecule has 1 atom stereocenters. The number of carbonyl (C=O) groups excluding carboxylic acids is 1. The predicted octanol–water partition coefficient (Wildman–Crippen LogP) is 3.10. The molecule has 3 heteroatoms. The van der Waals surface area contributed by atoms with Crippen molar-refractivity contribution in [3.05, 3.63) is 11.6 Å². The van der Waals surface area contributed by atoms with E-state index >= 15 is 0 Å². The summed E-state index contributed by atoms with van der Waals surface area (Å²) in [6.45, 7) is 5.93. The average Bonchev–Trinajstić information content (AvgIpc) is 2.51. The van der Waals surface area contributed by atoms with E-state index in [4.69, 9.17) is 4.74 Å². The lowest BCUT2D eigenvalue weighted by molar-refractivity contribution is -0.155. The normalized spacial score (nSPS) is 22.0. The van der Waals surface area contributed by atoms with Gasteiger partial charge in [-0.2, -0.15) is 0 Å².